The molecule has 1 N–H and O–H groups in total. The maximum absolute atomic E-state index is 9.95. The summed E-state index contributed by atoms with van der Waals surface area (Å²) in [5, 5.41) is 9.95. The Kier molecular flexibility index (Phi) is 2.85. The largest absolute Gasteiger partial charge is 0.507 e. The van der Waals surface area contributed by atoms with E-state index in [-0.39, 0.29) is 5.75 Å². The molecule has 4 nitrogen and oxygen atoms in total. The first kappa shape index (κ1) is 12.0. The highest BCUT2D eigenvalue weighted by atomic mass is 16.3. The van der Waals surface area contributed by atoms with Gasteiger partial charge in [0, 0.05) is 25.4 Å². The molecule has 2 aromatic rings. The van der Waals surface area contributed by atoms with E-state index >= 15 is 0 Å². The molecule has 0 saturated carbocycles. The lowest BCUT2D eigenvalue weighted by atomic mass is 10.1. The number of phenols is 1. The van der Waals surface area contributed by atoms with Crippen LogP contribution in [0.25, 0.3) is 11.4 Å². The number of anilines is 1. The zero-order valence-electron chi connectivity index (χ0n) is 11.2. The zero-order valence-corrected chi connectivity index (χ0v) is 11.2. The Labute approximate surface area is 112 Å². The fourth-order valence-corrected chi connectivity index (χ4v) is 2.57. The molecule has 1 aromatic heterocycles. The molecule has 19 heavy (non-hydrogen) atoms. The molecule has 98 valence electrons. The topological polar surface area (TPSA) is 49.2 Å². The van der Waals surface area contributed by atoms with Crippen LogP contribution in [0.1, 0.15) is 17.7 Å². The fraction of sp³-hybridized carbons (Fsp3) is 0.333. The van der Waals surface area contributed by atoms with Crippen molar-refractivity contribution in [3.05, 3.63) is 35.5 Å². The van der Waals surface area contributed by atoms with Gasteiger partial charge in [-0.3, -0.25) is 0 Å². The van der Waals surface area contributed by atoms with E-state index in [0.29, 0.717) is 11.4 Å². The monoisotopic (exact) mass is 255 g/mol. The van der Waals surface area contributed by atoms with Crippen molar-refractivity contribution in [2.24, 2.45) is 0 Å². The van der Waals surface area contributed by atoms with Crippen molar-refractivity contribution >= 4 is 5.82 Å². The first-order chi connectivity index (χ1) is 9.16. The van der Waals surface area contributed by atoms with E-state index < -0.39 is 0 Å². The summed E-state index contributed by atoms with van der Waals surface area (Å²) < 4.78 is 0. The van der Waals surface area contributed by atoms with Gasteiger partial charge in [-0.15, -0.1) is 0 Å². The van der Waals surface area contributed by atoms with E-state index in [2.05, 4.69) is 9.97 Å². The lowest BCUT2D eigenvalue weighted by Crippen LogP contribution is -2.15. The van der Waals surface area contributed by atoms with Gasteiger partial charge in [-0.2, -0.15) is 0 Å². The number of aryl methyl sites for hydroxylation is 1. The Morgan fingerprint density at radius 3 is 2.63 bits per heavy atom. The minimum Gasteiger partial charge on any atom is -0.507 e. The van der Waals surface area contributed by atoms with Crippen LogP contribution in [0.5, 0.6) is 5.75 Å². The van der Waals surface area contributed by atoms with Crippen LogP contribution in [0.2, 0.25) is 0 Å². The van der Waals surface area contributed by atoms with E-state index in [9.17, 15) is 5.11 Å². The quantitative estimate of drug-likeness (QED) is 0.895. The second-order valence-corrected chi connectivity index (χ2v) is 5.06. The Morgan fingerprint density at radius 1 is 1.11 bits per heavy atom. The van der Waals surface area contributed by atoms with Gasteiger partial charge >= 0.3 is 0 Å². The van der Waals surface area contributed by atoms with Crippen LogP contribution in [0, 0.1) is 0 Å². The summed E-state index contributed by atoms with van der Waals surface area (Å²) >= 11 is 0. The first-order valence-electron chi connectivity index (χ1n) is 6.52. The molecule has 1 aliphatic carbocycles. The average molecular weight is 255 g/mol. The number of aromatic nitrogens is 2. The van der Waals surface area contributed by atoms with Crippen molar-refractivity contribution in [3.8, 4) is 17.1 Å². The van der Waals surface area contributed by atoms with Crippen molar-refractivity contribution in [2.45, 2.75) is 19.3 Å². The van der Waals surface area contributed by atoms with Crippen molar-refractivity contribution < 1.29 is 5.11 Å². The molecule has 0 unspecified atom stereocenters. The van der Waals surface area contributed by atoms with Crippen LogP contribution < -0.4 is 4.90 Å². The van der Waals surface area contributed by atoms with Crippen LogP contribution >= 0.6 is 0 Å². The van der Waals surface area contributed by atoms with Gasteiger partial charge in [-0.25, -0.2) is 9.97 Å². The van der Waals surface area contributed by atoms with Crippen LogP contribution in [0.4, 0.5) is 5.82 Å². The number of aromatic hydroxyl groups is 1. The van der Waals surface area contributed by atoms with Crippen molar-refractivity contribution in [3.63, 3.8) is 0 Å². The van der Waals surface area contributed by atoms with E-state index in [0.717, 1.165) is 30.8 Å². The number of hydrogen-bond acceptors (Lipinski definition) is 4. The van der Waals surface area contributed by atoms with E-state index in [1.54, 1.807) is 12.1 Å². The summed E-state index contributed by atoms with van der Waals surface area (Å²) in [5.74, 6) is 1.81. The molecule has 0 fully saturated rings. The lowest BCUT2D eigenvalue weighted by molar-refractivity contribution is 0.477. The molecule has 0 spiro atoms. The van der Waals surface area contributed by atoms with E-state index in [4.69, 9.17) is 0 Å². The molecule has 0 radical (unpaired) electrons. The fourth-order valence-electron chi connectivity index (χ4n) is 2.57. The van der Waals surface area contributed by atoms with Gasteiger partial charge in [-0.1, -0.05) is 12.1 Å². The normalized spacial score (nSPS) is 13.4. The SMILES string of the molecule is CN(C)c1nc(-c2ccccc2O)nc2c1CCC2. The Balaban J connectivity index is 2.19. The van der Waals surface area contributed by atoms with Gasteiger partial charge in [0.15, 0.2) is 5.82 Å². The maximum atomic E-state index is 9.95. The molecule has 0 bridgehead atoms. The molecular weight excluding hydrogens is 238 g/mol. The molecule has 1 aromatic carbocycles. The predicted octanol–water partition coefficient (Wildman–Crippen LogP) is 2.40. The molecule has 1 heterocycles. The van der Waals surface area contributed by atoms with Gasteiger partial charge in [-0.05, 0) is 31.4 Å². The number of hydrogen-bond donors (Lipinski definition) is 1. The number of fused-ring (bicyclic) bond motifs is 1. The van der Waals surface area contributed by atoms with Crippen LogP contribution in [-0.2, 0) is 12.8 Å². The van der Waals surface area contributed by atoms with Gasteiger partial charge in [0.1, 0.15) is 11.6 Å². The molecule has 0 amide bonds. The molecule has 1 aliphatic rings. The van der Waals surface area contributed by atoms with Crippen LogP contribution in [0.15, 0.2) is 24.3 Å². The number of para-hydroxylation sites is 1. The van der Waals surface area contributed by atoms with Crippen molar-refractivity contribution in [1.82, 2.24) is 9.97 Å². The minimum atomic E-state index is 0.227. The number of nitrogens with zero attached hydrogens (tertiary/aromatic N) is 3. The smallest absolute Gasteiger partial charge is 0.165 e. The summed E-state index contributed by atoms with van der Waals surface area (Å²) in [7, 11) is 3.99. The van der Waals surface area contributed by atoms with E-state index in [1.807, 2.05) is 31.1 Å². The lowest BCUT2D eigenvalue weighted by Gasteiger charge is -2.17. The highest BCUT2D eigenvalue weighted by Gasteiger charge is 2.21. The van der Waals surface area contributed by atoms with Crippen molar-refractivity contribution in [1.29, 1.82) is 0 Å². The highest BCUT2D eigenvalue weighted by molar-refractivity contribution is 5.66. The van der Waals surface area contributed by atoms with Crippen LogP contribution in [0.3, 0.4) is 0 Å². The van der Waals surface area contributed by atoms with Gasteiger partial charge < -0.3 is 10.0 Å². The molecule has 3 rings (SSSR count). The third-order valence-electron chi connectivity index (χ3n) is 3.48. The summed E-state index contributed by atoms with van der Waals surface area (Å²) in [4.78, 5) is 11.3. The third kappa shape index (κ3) is 2.03. The second kappa shape index (κ2) is 4.53. The van der Waals surface area contributed by atoms with Gasteiger partial charge in [0.2, 0.25) is 0 Å². The molecular formula is C15H17N3O. The van der Waals surface area contributed by atoms with Crippen molar-refractivity contribution in [2.75, 3.05) is 19.0 Å². The summed E-state index contributed by atoms with van der Waals surface area (Å²) in [5.41, 5.74) is 3.07. The maximum Gasteiger partial charge on any atom is 0.165 e. The first-order valence-corrected chi connectivity index (χ1v) is 6.52. The summed E-state index contributed by atoms with van der Waals surface area (Å²) in [6.07, 6.45) is 3.18. The van der Waals surface area contributed by atoms with Gasteiger partial charge in [0.05, 0.1) is 5.56 Å². The Bertz CT molecular complexity index is 623. The summed E-state index contributed by atoms with van der Waals surface area (Å²) in [6, 6.07) is 7.22. The Morgan fingerprint density at radius 2 is 1.89 bits per heavy atom. The second-order valence-electron chi connectivity index (χ2n) is 5.06. The minimum absolute atomic E-state index is 0.227. The highest BCUT2D eigenvalue weighted by Crippen LogP contribution is 2.33. The molecule has 0 saturated heterocycles. The average Bonchev–Trinajstić information content (AvgIpc) is 2.86. The van der Waals surface area contributed by atoms with Crippen LogP contribution in [-0.4, -0.2) is 29.2 Å². The number of benzene rings is 1. The molecule has 0 atom stereocenters. The predicted molar refractivity (Wildman–Crippen MR) is 75.5 cm³/mol. The standard InChI is InChI=1S/C15H17N3O/c1-18(2)15-10-7-5-8-12(10)16-14(17-15)11-6-3-4-9-13(11)19/h3-4,6,9,19H,5,7-8H2,1-2H3. The number of phenolic OH excluding ortho intramolecular Hbond substituents is 1. The Hall–Kier alpha value is -2.10. The zero-order chi connectivity index (χ0) is 13.4. The van der Waals surface area contributed by atoms with E-state index in [1.165, 1.54) is 5.56 Å². The summed E-state index contributed by atoms with van der Waals surface area (Å²) in [6.45, 7) is 0. The molecule has 0 aliphatic heterocycles. The molecule has 4 heteroatoms. The third-order valence-corrected chi connectivity index (χ3v) is 3.48. The van der Waals surface area contributed by atoms with Gasteiger partial charge in [0.25, 0.3) is 0 Å². The number of rotatable bonds is 2.